The first-order valence-corrected chi connectivity index (χ1v) is 15.9. The van der Waals surface area contributed by atoms with E-state index in [2.05, 4.69) is 52.9 Å². The minimum absolute atomic E-state index is 0.00425. The summed E-state index contributed by atoms with van der Waals surface area (Å²) < 4.78 is 39.5. The summed E-state index contributed by atoms with van der Waals surface area (Å²) in [7, 11) is 0. The van der Waals surface area contributed by atoms with Crippen LogP contribution in [0.5, 0.6) is 0 Å². The number of hydrogen-bond acceptors (Lipinski definition) is 4. The first-order chi connectivity index (χ1) is 19.4. The van der Waals surface area contributed by atoms with Gasteiger partial charge < -0.3 is 10.1 Å². The summed E-state index contributed by atoms with van der Waals surface area (Å²) in [5.74, 6) is -0.929. The smallest absolute Gasteiger partial charge is 0.346 e. The molecule has 0 radical (unpaired) electrons. The van der Waals surface area contributed by atoms with E-state index in [0.29, 0.717) is 25.7 Å². The predicted octanol–water partition coefficient (Wildman–Crippen LogP) is 8.38. The Labute approximate surface area is 256 Å². The van der Waals surface area contributed by atoms with E-state index in [-0.39, 0.29) is 40.3 Å². The maximum Gasteiger partial charge on any atom is 0.405 e. The third-order valence-electron chi connectivity index (χ3n) is 12.7. The Morgan fingerprint density at radius 3 is 2.19 bits per heavy atom. The van der Waals surface area contributed by atoms with Gasteiger partial charge in [0.1, 0.15) is 18.4 Å². The van der Waals surface area contributed by atoms with Gasteiger partial charge >= 0.3 is 6.18 Å². The van der Waals surface area contributed by atoms with Crippen LogP contribution in [0.4, 0.5) is 13.2 Å². The molecule has 242 valence electrons. The number of carbonyl (C=O) groups is 3. The van der Waals surface area contributed by atoms with Crippen molar-refractivity contribution < 1.29 is 27.6 Å². The second kappa shape index (κ2) is 11.3. The molecule has 3 aliphatic carbocycles. The molecule has 0 bridgehead atoms. The summed E-state index contributed by atoms with van der Waals surface area (Å²) in [5.41, 5.74) is -2.90. The van der Waals surface area contributed by atoms with Crippen molar-refractivity contribution in [2.24, 2.45) is 50.2 Å². The molecule has 1 N–H and O–H groups in total. The Morgan fingerprint density at radius 1 is 1.07 bits per heavy atom. The number of amides is 1. The molecule has 0 aromatic carbocycles. The number of hydrogen-bond donors (Lipinski definition) is 1. The Balaban J connectivity index is 2.04. The zero-order chi connectivity index (χ0) is 33.0. The highest BCUT2D eigenvalue weighted by molar-refractivity contribution is 6.04. The van der Waals surface area contributed by atoms with Crippen LogP contribution >= 0.6 is 0 Å². The van der Waals surface area contributed by atoms with Gasteiger partial charge in [0.25, 0.3) is 0 Å². The molecule has 0 spiro atoms. The largest absolute Gasteiger partial charge is 0.405 e. The van der Waals surface area contributed by atoms with Gasteiger partial charge in [0.2, 0.25) is 5.91 Å². The average molecular weight is 607 g/mol. The second-order valence-corrected chi connectivity index (χ2v) is 16.7. The first kappa shape index (κ1) is 35.3. The summed E-state index contributed by atoms with van der Waals surface area (Å²) in [6, 6.07) is 2.13. The molecule has 43 heavy (non-hydrogen) atoms. The number of nitrogens with one attached hydrogen (secondary N) is 1. The van der Waals surface area contributed by atoms with Crippen LogP contribution in [0, 0.1) is 61.6 Å². The van der Waals surface area contributed by atoms with Crippen LogP contribution in [0.3, 0.4) is 0 Å². The monoisotopic (exact) mass is 606 g/mol. The fourth-order valence-electron chi connectivity index (χ4n) is 9.64. The predicted molar refractivity (Wildman–Crippen MR) is 162 cm³/mol. The first-order valence-electron chi connectivity index (χ1n) is 15.9. The van der Waals surface area contributed by atoms with Crippen molar-refractivity contribution in [3.8, 4) is 6.07 Å². The van der Waals surface area contributed by atoms with Crippen molar-refractivity contribution in [1.82, 2.24) is 5.32 Å². The molecule has 2 saturated carbocycles. The van der Waals surface area contributed by atoms with E-state index in [1.165, 1.54) is 0 Å². The third-order valence-corrected chi connectivity index (χ3v) is 12.7. The molecular weight excluding hydrogens is 553 g/mol. The van der Waals surface area contributed by atoms with Crippen molar-refractivity contribution in [2.45, 2.75) is 127 Å². The summed E-state index contributed by atoms with van der Waals surface area (Å²) in [6.07, 6.45) is 2.25. The molecule has 0 aromatic heterocycles. The number of fused-ring (bicyclic) bond motifs is 1. The molecule has 0 aromatic rings. The highest BCUT2D eigenvalue weighted by Crippen LogP contribution is 2.68. The SMILES string of the molecule is CC(=O)C[C@@H]1[C@@]2(C)C=C(C#N)C(=O)C(C)(C)[C@@H]2CC[C@@]1(C)C(C)(C)CC[C@@]1(C(=O)NCC(F)(F)F)CCC(C)(C)CC1C. The van der Waals surface area contributed by atoms with Gasteiger partial charge in [-0.2, -0.15) is 18.4 Å². The third kappa shape index (κ3) is 6.34. The molecule has 3 aliphatic rings. The van der Waals surface area contributed by atoms with Gasteiger partial charge in [-0.1, -0.05) is 68.4 Å². The lowest BCUT2D eigenvalue weighted by Crippen LogP contribution is -2.60. The van der Waals surface area contributed by atoms with E-state index in [1.54, 1.807) is 6.92 Å². The molecule has 5 nitrogen and oxygen atoms in total. The number of nitrogens with zero attached hydrogens (tertiary/aromatic N) is 1. The van der Waals surface area contributed by atoms with Crippen LogP contribution < -0.4 is 5.32 Å². The molecule has 1 amide bonds. The van der Waals surface area contributed by atoms with Gasteiger partial charge in [-0.25, -0.2) is 0 Å². The number of allylic oxidation sites excluding steroid dienone is 2. The van der Waals surface area contributed by atoms with Crippen molar-refractivity contribution in [2.75, 3.05) is 6.54 Å². The van der Waals surface area contributed by atoms with E-state index in [1.807, 2.05) is 26.8 Å². The number of nitriles is 1. The number of Topliss-reactive ketones (excluding diaryl/α,β-unsaturated/α-hetero) is 2. The molecular formula is C35H53F3N2O3. The minimum Gasteiger partial charge on any atom is -0.346 e. The van der Waals surface area contributed by atoms with Gasteiger partial charge in [-0.05, 0) is 91.3 Å². The second-order valence-electron chi connectivity index (χ2n) is 16.7. The lowest BCUT2D eigenvalue weighted by molar-refractivity contribution is -0.159. The van der Waals surface area contributed by atoms with E-state index in [0.717, 1.165) is 25.7 Å². The maximum absolute atomic E-state index is 13.7. The molecule has 0 heterocycles. The topological polar surface area (TPSA) is 87.0 Å². The van der Waals surface area contributed by atoms with E-state index in [4.69, 9.17) is 0 Å². The Bertz CT molecular complexity index is 1210. The Hall–Kier alpha value is -2.17. The molecule has 1 unspecified atom stereocenters. The number of rotatable bonds is 8. The van der Waals surface area contributed by atoms with E-state index in [9.17, 15) is 32.8 Å². The standard InChI is InChI=1S/C35H53F3N2O3/c1-22-18-29(3,4)13-15-34(22,28(43)40-21-35(36,37)38)16-14-30(5,6)33(10)12-11-25-31(7,8)27(42)24(20-39)19-32(25,9)26(33)17-23(2)41/h19,22,25-26H,11-18,21H2,1-10H3,(H,40,43)/t22?,25-,26+,32-,33+,34-/m0/s1. The highest BCUT2D eigenvalue weighted by atomic mass is 19.4. The van der Waals surface area contributed by atoms with E-state index < -0.39 is 45.7 Å². The van der Waals surface area contributed by atoms with Crippen LogP contribution in [0.15, 0.2) is 11.6 Å². The van der Waals surface area contributed by atoms with Crippen molar-refractivity contribution in [3.63, 3.8) is 0 Å². The number of alkyl halides is 3. The quantitative estimate of drug-likeness (QED) is 0.301. The Kier molecular flexibility index (Phi) is 9.30. The fourth-order valence-corrected chi connectivity index (χ4v) is 9.64. The summed E-state index contributed by atoms with van der Waals surface area (Å²) >= 11 is 0. The number of carbonyl (C=O) groups excluding carboxylic acids is 3. The minimum atomic E-state index is -4.49. The average Bonchev–Trinajstić information content (AvgIpc) is 2.86. The van der Waals surface area contributed by atoms with Crippen LogP contribution in [0.1, 0.15) is 121 Å². The van der Waals surface area contributed by atoms with Crippen molar-refractivity contribution >= 4 is 17.5 Å². The number of halogens is 3. The molecule has 0 aliphatic heterocycles. The molecule has 0 saturated heterocycles. The zero-order valence-electron chi connectivity index (χ0n) is 28.0. The van der Waals surface area contributed by atoms with Gasteiger partial charge in [0.05, 0.1) is 11.0 Å². The van der Waals surface area contributed by atoms with Gasteiger partial charge in [-0.3, -0.25) is 9.59 Å². The molecule has 2 fully saturated rings. The zero-order valence-corrected chi connectivity index (χ0v) is 28.0. The number of ketones is 2. The normalized spacial score (nSPS) is 35.8. The fraction of sp³-hybridized carbons (Fsp3) is 0.829. The maximum atomic E-state index is 13.7. The molecule has 3 rings (SSSR count). The molecule has 6 atom stereocenters. The Morgan fingerprint density at radius 2 is 1.67 bits per heavy atom. The molecule has 8 heteroatoms. The van der Waals surface area contributed by atoms with Gasteiger partial charge in [0, 0.05) is 11.8 Å². The summed E-state index contributed by atoms with van der Waals surface area (Å²) in [6.45, 7) is 19.0. The summed E-state index contributed by atoms with van der Waals surface area (Å²) in [5, 5.41) is 12.1. The highest BCUT2D eigenvalue weighted by Gasteiger charge is 2.63. The van der Waals surface area contributed by atoms with Gasteiger partial charge in [0.15, 0.2) is 5.78 Å². The van der Waals surface area contributed by atoms with Crippen molar-refractivity contribution in [3.05, 3.63) is 11.6 Å². The lowest BCUT2D eigenvalue weighted by atomic mass is 9.39. The van der Waals surface area contributed by atoms with Crippen LogP contribution in [-0.2, 0) is 14.4 Å². The van der Waals surface area contributed by atoms with E-state index >= 15 is 0 Å². The summed E-state index contributed by atoms with van der Waals surface area (Å²) in [4.78, 5) is 39.7. The van der Waals surface area contributed by atoms with Gasteiger partial charge in [-0.15, -0.1) is 0 Å². The van der Waals surface area contributed by atoms with Crippen LogP contribution in [-0.4, -0.2) is 30.2 Å². The lowest BCUT2D eigenvalue weighted by Gasteiger charge is -2.64. The van der Waals surface area contributed by atoms with Crippen LogP contribution in [0.2, 0.25) is 0 Å². The van der Waals surface area contributed by atoms with Crippen molar-refractivity contribution in [1.29, 1.82) is 5.26 Å². The van der Waals surface area contributed by atoms with Crippen LogP contribution in [0.25, 0.3) is 0 Å².